The second kappa shape index (κ2) is 11.0. The second-order valence-electron chi connectivity index (χ2n) is 9.27. The first kappa shape index (κ1) is 22.8. The quantitative estimate of drug-likeness (QED) is 0.406. The summed E-state index contributed by atoms with van der Waals surface area (Å²) in [4.78, 5) is 28.1. The number of hydrogen-bond donors (Lipinski definition) is 0. The Bertz CT molecular complexity index is 893. The highest BCUT2D eigenvalue weighted by Gasteiger charge is 2.34. The fourth-order valence-corrected chi connectivity index (χ4v) is 4.96. The molecule has 0 aromatic carbocycles. The summed E-state index contributed by atoms with van der Waals surface area (Å²) in [5.41, 5.74) is 5.07. The molecular formula is C26H36N4O2. The first-order chi connectivity index (χ1) is 15.6. The number of unbranched alkanes of at least 4 members (excludes halogenated alkanes) is 1. The van der Waals surface area contributed by atoms with E-state index in [-0.39, 0.29) is 12.0 Å². The van der Waals surface area contributed by atoms with E-state index in [2.05, 4.69) is 27.0 Å². The third-order valence-corrected chi connectivity index (χ3v) is 6.81. The number of carbonyl (C=O) groups excluding carboxylic acids is 1. The summed E-state index contributed by atoms with van der Waals surface area (Å²) in [5.74, 6) is 1.29. The molecular weight excluding hydrogens is 400 g/mol. The van der Waals surface area contributed by atoms with Crippen LogP contribution in [-0.2, 0) is 28.8 Å². The predicted octanol–water partition coefficient (Wildman–Crippen LogP) is 4.40. The molecule has 2 aliphatic rings. The van der Waals surface area contributed by atoms with Crippen molar-refractivity contribution in [1.82, 2.24) is 19.9 Å². The standard InChI is InChI=1S/C26H36N4O2/c1-3-32-26(31)14-25(22-15-27-19(2)28-16-22)30-17-20(18-30)8-4-6-10-23-13-12-21-9-5-7-11-24(21)29-23/h12-13,15-16,20,25H,3-11,14,17-18H2,1-2H3/t25-/m0/s1. The number of rotatable bonds is 10. The molecule has 1 aliphatic carbocycles. The van der Waals surface area contributed by atoms with Gasteiger partial charge in [0.2, 0.25) is 0 Å². The van der Waals surface area contributed by atoms with Crippen molar-refractivity contribution in [3.05, 3.63) is 52.9 Å². The lowest BCUT2D eigenvalue weighted by molar-refractivity contribution is -0.145. The van der Waals surface area contributed by atoms with Crippen LogP contribution in [0.2, 0.25) is 0 Å². The van der Waals surface area contributed by atoms with E-state index in [4.69, 9.17) is 9.72 Å². The lowest BCUT2D eigenvalue weighted by atomic mass is 9.89. The molecule has 1 atom stereocenters. The Morgan fingerprint density at radius 3 is 2.72 bits per heavy atom. The molecule has 6 nitrogen and oxygen atoms in total. The van der Waals surface area contributed by atoms with Gasteiger partial charge in [-0.25, -0.2) is 9.97 Å². The lowest BCUT2D eigenvalue weighted by Gasteiger charge is -2.44. The van der Waals surface area contributed by atoms with Gasteiger partial charge in [0.25, 0.3) is 0 Å². The second-order valence-corrected chi connectivity index (χ2v) is 9.27. The number of carbonyl (C=O) groups is 1. The molecule has 1 saturated heterocycles. The van der Waals surface area contributed by atoms with E-state index in [0.29, 0.717) is 18.9 Å². The summed E-state index contributed by atoms with van der Waals surface area (Å²) in [6.45, 7) is 6.19. The van der Waals surface area contributed by atoms with E-state index in [1.54, 1.807) is 0 Å². The van der Waals surface area contributed by atoms with Crippen molar-refractivity contribution in [3.8, 4) is 0 Å². The van der Waals surface area contributed by atoms with Gasteiger partial charge in [0, 0.05) is 48.5 Å². The Morgan fingerprint density at radius 2 is 1.94 bits per heavy atom. The van der Waals surface area contributed by atoms with E-state index < -0.39 is 0 Å². The SMILES string of the molecule is CCOC(=O)C[C@@H](c1cnc(C)nc1)N1CC(CCCCc2ccc3c(n2)CCCC3)C1. The Hall–Kier alpha value is -2.34. The summed E-state index contributed by atoms with van der Waals surface area (Å²) >= 11 is 0. The number of pyridine rings is 1. The summed E-state index contributed by atoms with van der Waals surface area (Å²) in [6, 6.07) is 4.54. The van der Waals surface area contributed by atoms with Crippen molar-refractivity contribution in [2.45, 2.75) is 77.7 Å². The van der Waals surface area contributed by atoms with Crippen LogP contribution in [0, 0.1) is 12.8 Å². The number of ether oxygens (including phenoxy) is 1. The average molecular weight is 437 g/mol. The van der Waals surface area contributed by atoms with Crippen molar-refractivity contribution in [2.75, 3.05) is 19.7 Å². The number of likely N-dealkylation sites (tertiary alicyclic amines) is 1. The van der Waals surface area contributed by atoms with Crippen LogP contribution in [0.25, 0.3) is 0 Å². The zero-order valence-corrected chi connectivity index (χ0v) is 19.6. The smallest absolute Gasteiger partial charge is 0.307 e. The van der Waals surface area contributed by atoms with Crippen LogP contribution in [-0.4, -0.2) is 45.5 Å². The van der Waals surface area contributed by atoms with Gasteiger partial charge in [-0.05, 0) is 76.3 Å². The topological polar surface area (TPSA) is 68.2 Å². The zero-order chi connectivity index (χ0) is 22.3. The first-order valence-electron chi connectivity index (χ1n) is 12.3. The maximum absolute atomic E-state index is 12.2. The van der Waals surface area contributed by atoms with Gasteiger partial charge in [-0.2, -0.15) is 0 Å². The molecule has 0 bridgehead atoms. The Balaban J connectivity index is 1.22. The molecule has 0 unspecified atom stereocenters. The van der Waals surface area contributed by atoms with Crippen LogP contribution in [0.15, 0.2) is 24.5 Å². The highest BCUT2D eigenvalue weighted by Crippen LogP contribution is 2.33. The van der Waals surface area contributed by atoms with E-state index in [0.717, 1.165) is 37.3 Å². The van der Waals surface area contributed by atoms with Crippen LogP contribution in [0.3, 0.4) is 0 Å². The molecule has 3 heterocycles. The summed E-state index contributed by atoms with van der Waals surface area (Å²) in [6.07, 6.45) is 13.7. The van der Waals surface area contributed by atoms with Gasteiger partial charge in [0.05, 0.1) is 13.0 Å². The average Bonchev–Trinajstić information content (AvgIpc) is 2.77. The van der Waals surface area contributed by atoms with Crippen molar-refractivity contribution >= 4 is 5.97 Å². The fraction of sp³-hybridized carbons (Fsp3) is 0.615. The molecule has 2 aromatic rings. The maximum atomic E-state index is 12.2. The van der Waals surface area contributed by atoms with Crippen molar-refractivity contribution in [1.29, 1.82) is 0 Å². The van der Waals surface area contributed by atoms with Crippen LogP contribution < -0.4 is 0 Å². The molecule has 32 heavy (non-hydrogen) atoms. The third kappa shape index (κ3) is 5.91. The van der Waals surface area contributed by atoms with E-state index in [1.165, 1.54) is 55.5 Å². The Labute approximate surface area is 191 Å². The number of aryl methyl sites for hydroxylation is 4. The molecule has 1 fully saturated rings. The fourth-order valence-electron chi connectivity index (χ4n) is 4.96. The number of aromatic nitrogens is 3. The molecule has 0 N–H and O–H groups in total. The van der Waals surface area contributed by atoms with Gasteiger partial charge in [-0.3, -0.25) is 14.7 Å². The first-order valence-corrected chi connectivity index (χ1v) is 12.3. The largest absolute Gasteiger partial charge is 0.466 e. The number of nitrogens with zero attached hydrogens (tertiary/aromatic N) is 4. The van der Waals surface area contributed by atoms with Gasteiger partial charge in [-0.1, -0.05) is 12.5 Å². The van der Waals surface area contributed by atoms with Gasteiger partial charge in [0.15, 0.2) is 0 Å². The van der Waals surface area contributed by atoms with E-state index in [1.807, 2.05) is 26.2 Å². The molecule has 1 aliphatic heterocycles. The van der Waals surface area contributed by atoms with Gasteiger partial charge in [0.1, 0.15) is 5.82 Å². The highest BCUT2D eigenvalue weighted by molar-refractivity contribution is 5.70. The van der Waals surface area contributed by atoms with Gasteiger partial charge >= 0.3 is 5.97 Å². The maximum Gasteiger partial charge on any atom is 0.307 e. The van der Waals surface area contributed by atoms with Crippen molar-refractivity contribution in [2.24, 2.45) is 5.92 Å². The minimum Gasteiger partial charge on any atom is -0.466 e. The summed E-state index contributed by atoms with van der Waals surface area (Å²) < 4.78 is 5.21. The molecule has 4 rings (SSSR count). The molecule has 2 aromatic heterocycles. The monoisotopic (exact) mass is 436 g/mol. The van der Waals surface area contributed by atoms with E-state index >= 15 is 0 Å². The summed E-state index contributed by atoms with van der Waals surface area (Å²) in [5, 5.41) is 0. The predicted molar refractivity (Wildman–Crippen MR) is 124 cm³/mol. The number of esters is 1. The normalized spacial score (nSPS) is 17.4. The summed E-state index contributed by atoms with van der Waals surface area (Å²) in [7, 11) is 0. The third-order valence-electron chi connectivity index (χ3n) is 6.81. The zero-order valence-electron chi connectivity index (χ0n) is 19.6. The molecule has 0 amide bonds. The Kier molecular flexibility index (Phi) is 7.85. The number of fused-ring (bicyclic) bond motifs is 1. The minimum atomic E-state index is -0.154. The molecule has 0 spiro atoms. The van der Waals surface area contributed by atoms with Crippen LogP contribution in [0.5, 0.6) is 0 Å². The molecule has 0 saturated carbocycles. The Morgan fingerprint density at radius 1 is 1.16 bits per heavy atom. The molecule has 0 radical (unpaired) electrons. The molecule has 172 valence electrons. The van der Waals surface area contributed by atoms with Crippen molar-refractivity contribution in [3.63, 3.8) is 0 Å². The van der Waals surface area contributed by atoms with Crippen molar-refractivity contribution < 1.29 is 9.53 Å². The van der Waals surface area contributed by atoms with E-state index in [9.17, 15) is 4.79 Å². The van der Waals surface area contributed by atoms with Crippen LogP contribution in [0.1, 0.15) is 79.8 Å². The lowest BCUT2D eigenvalue weighted by Crippen LogP contribution is -2.49. The van der Waals surface area contributed by atoms with Gasteiger partial charge < -0.3 is 4.74 Å². The van der Waals surface area contributed by atoms with Crippen LogP contribution in [0.4, 0.5) is 0 Å². The molecule has 6 heteroatoms. The van der Waals surface area contributed by atoms with Crippen LogP contribution >= 0.6 is 0 Å². The minimum absolute atomic E-state index is 0.00518. The van der Waals surface area contributed by atoms with Gasteiger partial charge in [-0.15, -0.1) is 0 Å². The number of hydrogen-bond acceptors (Lipinski definition) is 6. The highest BCUT2D eigenvalue weighted by atomic mass is 16.5.